The summed E-state index contributed by atoms with van der Waals surface area (Å²) in [6.45, 7) is 2.91. The van der Waals surface area contributed by atoms with E-state index < -0.39 is 17.3 Å². The van der Waals surface area contributed by atoms with Gasteiger partial charge in [0.05, 0.1) is 6.92 Å². The van der Waals surface area contributed by atoms with E-state index in [-0.39, 0.29) is 0 Å². The summed E-state index contributed by atoms with van der Waals surface area (Å²) in [5.74, 6) is -1.71. The van der Waals surface area contributed by atoms with Gasteiger partial charge in [0, 0.05) is 0 Å². The average Bonchev–Trinajstić information content (AvgIpc) is 2.17. The van der Waals surface area contributed by atoms with E-state index in [4.69, 9.17) is 11.6 Å². The molecule has 0 heterocycles. The van der Waals surface area contributed by atoms with E-state index in [0.717, 1.165) is 0 Å². The molecule has 1 unspecified atom stereocenters. The van der Waals surface area contributed by atoms with Crippen molar-refractivity contribution in [3.8, 4) is 0 Å². The molecule has 4 heteroatoms. The molecule has 0 aromatic heterocycles. The first kappa shape index (κ1) is 10.7. The van der Waals surface area contributed by atoms with Crippen molar-refractivity contribution in [3.05, 3.63) is 42.8 Å². The summed E-state index contributed by atoms with van der Waals surface area (Å²) in [7, 11) is 0. The molecule has 0 amide bonds. The molecule has 0 bridgehead atoms. The van der Waals surface area contributed by atoms with Gasteiger partial charge in [0.25, 0.3) is 0 Å². The van der Waals surface area contributed by atoms with Crippen LogP contribution in [-0.4, -0.2) is 11.9 Å². The minimum atomic E-state index is -0.970. The topological polar surface area (TPSA) is 43.4 Å². The van der Waals surface area contributed by atoms with Crippen LogP contribution in [0.3, 0.4) is 0 Å². The number of hydrogen-bond acceptors (Lipinski definition) is 3. The molecular weight excluding hydrogens is 204 g/mol. The molecule has 0 aliphatic rings. The Morgan fingerprint density at radius 1 is 1.29 bits per heavy atom. The van der Waals surface area contributed by atoms with E-state index in [0.29, 0.717) is 5.56 Å². The lowest BCUT2D eigenvalue weighted by Crippen LogP contribution is -2.14. The minimum Gasteiger partial charge on any atom is -0.392 e. The summed E-state index contributed by atoms with van der Waals surface area (Å²) >= 11 is 5.75. The van der Waals surface area contributed by atoms with Crippen LogP contribution in [0.15, 0.2) is 30.3 Å². The van der Waals surface area contributed by atoms with E-state index in [2.05, 4.69) is 11.7 Å². The molecule has 3 nitrogen and oxygen atoms in total. The van der Waals surface area contributed by atoms with E-state index in [1.54, 1.807) is 30.3 Å². The Morgan fingerprint density at radius 2 is 1.86 bits per heavy atom. The van der Waals surface area contributed by atoms with Crippen molar-refractivity contribution < 1.29 is 14.3 Å². The molecule has 73 valence electrons. The number of halogens is 1. The summed E-state index contributed by atoms with van der Waals surface area (Å²) in [6, 6.07) is 8.62. The maximum absolute atomic E-state index is 11.1. The van der Waals surface area contributed by atoms with Crippen molar-refractivity contribution in [3.63, 3.8) is 0 Å². The lowest BCUT2D eigenvalue weighted by Gasteiger charge is -2.06. The Bertz CT molecular complexity index is 334. The van der Waals surface area contributed by atoms with Gasteiger partial charge < -0.3 is 4.74 Å². The van der Waals surface area contributed by atoms with Gasteiger partial charge in [-0.25, -0.2) is 4.79 Å². The van der Waals surface area contributed by atoms with Crippen LogP contribution in [0.25, 0.3) is 0 Å². The molecule has 1 atom stereocenters. The fourth-order valence-corrected chi connectivity index (χ4v) is 1.11. The van der Waals surface area contributed by atoms with Gasteiger partial charge in [-0.2, -0.15) is 0 Å². The van der Waals surface area contributed by atoms with Crippen molar-refractivity contribution in [1.29, 1.82) is 0 Å². The Hall–Kier alpha value is -1.35. The first-order valence-electron chi connectivity index (χ1n) is 3.88. The van der Waals surface area contributed by atoms with E-state index in [1.165, 1.54) is 0 Å². The molecule has 0 fully saturated rings. The average molecular weight is 212 g/mol. The largest absolute Gasteiger partial charge is 0.392 e. The minimum absolute atomic E-state index is 0.584. The first-order valence-corrected chi connectivity index (χ1v) is 4.31. The van der Waals surface area contributed by atoms with Crippen LogP contribution in [0, 0.1) is 6.92 Å². The third kappa shape index (κ3) is 2.85. The Kier molecular flexibility index (Phi) is 3.65. The molecule has 0 aliphatic heterocycles. The zero-order chi connectivity index (χ0) is 10.6. The van der Waals surface area contributed by atoms with Crippen LogP contribution >= 0.6 is 11.6 Å². The number of esters is 2. The number of hydrogen-bond donors (Lipinski definition) is 0. The maximum atomic E-state index is 11.1. The Balaban J connectivity index is 2.71. The molecule has 14 heavy (non-hydrogen) atoms. The van der Waals surface area contributed by atoms with Crippen LogP contribution in [0.5, 0.6) is 0 Å². The van der Waals surface area contributed by atoms with Gasteiger partial charge in [-0.1, -0.05) is 30.3 Å². The fraction of sp³-hybridized carbons (Fsp3) is 0.100. The third-order valence-corrected chi connectivity index (χ3v) is 1.94. The molecule has 0 saturated carbocycles. The number of carbonyl (C=O) groups excluding carboxylic acids is 2. The number of ether oxygens (including phenoxy) is 1. The van der Waals surface area contributed by atoms with Crippen LogP contribution in [-0.2, 0) is 14.3 Å². The van der Waals surface area contributed by atoms with Crippen LogP contribution < -0.4 is 0 Å². The second-order valence-electron chi connectivity index (χ2n) is 2.57. The normalized spacial score (nSPS) is 11.9. The lowest BCUT2D eigenvalue weighted by molar-refractivity contribution is -0.156. The quantitative estimate of drug-likeness (QED) is 0.426. The second kappa shape index (κ2) is 4.77. The Morgan fingerprint density at radius 3 is 2.36 bits per heavy atom. The van der Waals surface area contributed by atoms with Crippen molar-refractivity contribution in [2.45, 2.75) is 5.38 Å². The highest BCUT2D eigenvalue weighted by molar-refractivity contribution is 6.30. The van der Waals surface area contributed by atoms with Gasteiger partial charge in [-0.3, -0.25) is 4.79 Å². The van der Waals surface area contributed by atoms with Crippen molar-refractivity contribution in [2.75, 3.05) is 0 Å². The zero-order valence-corrected chi connectivity index (χ0v) is 8.03. The second-order valence-corrected chi connectivity index (χ2v) is 3.00. The van der Waals surface area contributed by atoms with Crippen molar-refractivity contribution in [2.24, 2.45) is 0 Å². The molecular formula is C10H8ClO3. The monoisotopic (exact) mass is 211 g/mol. The summed E-state index contributed by atoms with van der Waals surface area (Å²) < 4.78 is 4.25. The van der Waals surface area contributed by atoms with Crippen LogP contribution in [0.4, 0.5) is 0 Å². The lowest BCUT2D eigenvalue weighted by atomic mass is 10.1. The van der Waals surface area contributed by atoms with Gasteiger partial charge >= 0.3 is 11.9 Å². The first-order chi connectivity index (χ1) is 6.61. The number of carbonyl (C=O) groups is 2. The summed E-state index contributed by atoms with van der Waals surface area (Å²) in [5.41, 5.74) is 0.584. The summed E-state index contributed by atoms with van der Waals surface area (Å²) in [5, 5.41) is -0.970. The van der Waals surface area contributed by atoms with Gasteiger partial charge in [-0.05, 0) is 5.56 Å². The Labute approximate surface area is 86.6 Å². The van der Waals surface area contributed by atoms with E-state index >= 15 is 0 Å². The predicted molar refractivity (Wildman–Crippen MR) is 51.5 cm³/mol. The number of rotatable bonds is 2. The molecule has 1 aromatic carbocycles. The van der Waals surface area contributed by atoms with Crippen LogP contribution in [0.1, 0.15) is 10.9 Å². The molecule has 0 spiro atoms. The predicted octanol–water partition coefficient (Wildman–Crippen LogP) is 1.87. The molecule has 1 aromatic rings. The van der Waals surface area contributed by atoms with Gasteiger partial charge in [0.2, 0.25) is 0 Å². The van der Waals surface area contributed by atoms with Crippen molar-refractivity contribution >= 4 is 23.5 Å². The molecule has 1 rings (SSSR count). The molecule has 0 aliphatic carbocycles. The highest BCUT2D eigenvalue weighted by atomic mass is 35.5. The van der Waals surface area contributed by atoms with Crippen LogP contribution in [0.2, 0.25) is 0 Å². The van der Waals surface area contributed by atoms with E-state index in [9.17, 15) is 9.59 Å². The van der Waals surface area contributed by atoms with Gasteiger partial charge in [0.1, 0.15) is 0 Å². The summed E-state index contributed by atoms with van der Waals surface area (Å²) in [4.78, 5) is 21.5. The van der Waals surface area contributed by atoms with Gasteiger partial charge in [-0.15, -0.1) is 11.6 Å². The van der Waals surface area contributed by atoms with Crippen molar-refractivity contribution in [1.82, 2.24) is 0 Å². The highest BCUT2D eigenvalue weighted by Crippen LogP contribution is 2.21. The number of benzene rings is 1. The van der Waals surface area contributed by atoms with E-state index in [1.807, 2.05) is 0 Å². The van der Waals surface area contributed by atoms with Gasteiger partial charge in [0.15, 0.2) is 5.38 Å². The highest BCUT2D eigenvalue weighted by Gasteiger charge is 2.20. The third-order valence-electron chi connectivity index (χ3n) is 1.51. The number of alkyl halides is 1. The molecule has 1 radical (unpaired) electrons. The maximum Gasteiger partial charge on any atom is 0.336 e. The fourth-order valence-electron chi connectivity index (χ4n) is 0.922. The summed E-state index contributed by atoms with van der Waals surface area (Å²) in [6.07, 6.45) is 0. The SMILES string of the molecule is [CH2]C(=O)OC(=O)C(Cl)c1ccccc1. The smallest absolute Gasteiger partial charge is 0.336 e. The molecule has 0 N–H and O–H groups in total. The zero-order valence-electron chi connectivity index (χ0n) is 7.27. The molecule has 0 saturated heterocycles. The standard InChI is InChI=1S/C10H8ClO3/c1-7(12)14-10(13)9(11)8-5-3-2-4-6-8/h2-6,9H,1H2.